The summed E-state index contributed by atoms with van der Waals surface area (Å²) < 4.78 is 10.7. The number of morpholine rings is 1. The number of alkyl carbamates (subject to hydrolysis) is 1. The number of carbonyl (C=O) groups excluding carboxylic acids is 2. The van der Waals surface area contributed by atoms with E-state index in [1.165, 1.54) is 4.90 Å². The summed E-state index contributed by atoms with van der Waals surface area (Å²) in [6, 6.07) is 15.3. The third kappa shape index (κ3) is 4.85. The SMILES string of the molecule is CC(CCNC(=O)OCC1c2ccccc2-c2ccccc21)C(=O)N1CCOCC1C(=O)O. The fourth-order valence-electron chi connectivity index (χ4n) is 4.52. The molecule has 0 aromatic heterocycles. The quantitative estimate of drug-likeness (QED) is 0.669. The number of carboxylic acids is 1. The van der Waals surface area contributed by atoms with E-state index < -0.39 is 24.0 Å². The monoisotopic (exact) mass is 452 g/mol. The molecule has 0 saturated carbocycles. The normalized spacial score (nSPS) is 18.2. The fourth-order valence-corrected chi connectivity index (χ4v) is 4.52. The molecule has 2 atom stereocenters. The van der Waals surface area contributed by atoms with Gasteiger partial charge in [0.05, 0.1) is 13.2 Å². The minimum absolute atomic E-state index is 0.00814. The van der Waals surface area contributed by atoms with Crippen molar-refractivity contribution in [3.63, 3.8) is 0 Å². The molecule has 33 heavy (non-hydrogen) atoms. The molecule has 2 amide bonds. The van der Waals surface area contributed by atoms with Crippen molar-refractivity contribution in [3.8, 4) is 11.1 Å². The number of aliphatic carboxylic acids is 1. The van der Waals surface area contributed by atoms with Crippen LogP contribution >= 0.6 is 0 Å². The molecule has 1 saturated heterocycles. The summed E-state index contributed by atoms with van der Waals surface area (Å²) in [5, 5.41) is 12.0. The maximum atomic E-state index is 12.7. The van der Waals surface area contributed by atoms with Gasteiger partial charge in [0.2, 0.25) is 5.91 Å². The van der Waals surface area contributed by atoms with Gasteiger partial charge in [-0.1, -0.05) is 55.5 Å². The fraction of sp³-hybridized carbons (Fsp3) is 0.400. The Kier molecular flexibility index (Phi) is 6.93. The highest BCUT2D eigenvalue weighted by Crippen LogP contribution is 2.44. The number of nitrogens with zero attached hydrogens (tertiary/aromatic N) is 1. The number of nitrogens with one attached hydrogen (secondary N) is 1. The molecule has 0 bridgehead atoms. The van der Waals surface area contributed by atoms with Crippen LogP contribution in [0.3, 0.4) is 0 Å². The van der Waals surface area contributed by atoms with Gasteiger partial charge in [0.1, 0.15) is 6.61 Å². The molecule has 1 aliphatic carbocycles. The van der Waals surface area contributed by atoms with Crippen LogP contribution in [-0.2, 0) is 19.1 Å². The average Bonchev–Trinajstić information content (AvgIpc) is 3.16. The van der Waals surface area contributed by atoms with Crippen LogP contribution in [0.5, 0.6) is 0 Å². The van der Waals surface area contributed by atoms with E-state index in [-0.39, 0.29) is 38.1 Å². The number of fused-ring (bicyclic) bond motifs is 3. The predicted octanol–water partition coefficient (Wildman–Crippen LogP) is 2.86. The Labute approximate surface area is 192 Å². The summed E-state index contributed by atoms with van der Waals surface area (Å²) in [5.41, 5.74) is 4.61. The molecule has 8 nitrogen and oxygen atoms in total. The zero-order chi connectivity index (χ0) is 23.4. The van der Waals surface area contributed by atoms with Gasteiger partial charge in [0.25, 0.3) is 0 Å². The van der Waals surface area contributed by atoms with Crippen molar-refractivity contribution in [2.24, 2.45) is 5.92 Å². The zero-order valence-corrected chi connectivity index (χ0v) is 18.5. The molecule has 1 aliphatic heterocycles. The molecule has 8 heteroatoms. The Morgan fingerprint density at radius 2 is 1.76 bits per heavy atom. The third-order valence-corrected chi connectivity index (χ3v) is 6.31. The van der Waals surface area contributed by atoms with Crippen molar-refractivity contribution in [3.05, 3.63) is 59.7 Å². The standard InChI is InChI=1S/C25H28N2O6/c1-16(23(28)27-12-13-32-15-22(27)24(29)30)10-11-26-25(31)33-14-21-19-8-4-2-6-17(19)18-7-3-5-9-20(18)21/h2-9,16,21-22H,10-15H2,1H3,(H,26,31)(H,29,30). The van der Waals surface area contributed by atoms with E-state index in [4.69, 9.17) is 9.47 Å². The van der Waals surface area contributed by atoms with Crippen molar-refractivity contribution >= 4 is 18.0 Å². The highest BCUT2D eigenvalue weighted by molar-refractivity contribution is 5.85. The van der Waals surface area contributed by atoms with Crippen LogP contribution in [-0.4, -0.2) is 66.9 Å². The van der Waals surface area contributed by atoms with Crippen LogP contribution in [0, 0.1) is 5.92 Å². The smallest absolute Gasteiger partial charge is 0.407 e. The first-order valence-electron chi connectivity index (χ1n) is 11.2. The second kappa shape index (κ2) is 10.0. The van der Waals surface area contributed by atoms with E-state index in [0.717, 1.165) is 22.3 Å². The molecule has 0 radical (unpaired) electrons. The number of rotatable bonds is 7. The predicted molar refractivity (Wildman–Crippen MR) is 121 cm³/mol. The van der Waals surface area contributed by atoms with Crippen molar-refractivity contribution in [1.82, 2.24) is 10.2 Å². The molecule has 1 fully saturated rings. The largest absolute Gasteiger partial charge is 0.480 e. The summed E-state index contributed by atoms with van der Waals surface area (Å²) in [7, 11) is 0. The van der Waals surface area contributed by atoms with Crippen molar-refractivity contribution in [1.29, 1.82) is 0 Å². The van der Waals surface area contributed by atoms with Gasteiger partial charge in [0.15, 0.2) is 6.04 Å². The summed E-state index contributed by atoms with van der Waals surface area (Å²) in [6.45, 7) is 2.77. The Morgan fingerprint density at radius 3 is 2.39 bits per heavy atom. The molecule has 1 heterocycles. The molecular weight excluding hydrogens is 424 g/mol. The highest BCUT2D eigenvalue weighted by atomic mass is 16.5. The Hall–Kier alpha value is -3.39. The second-order valence-electron chi connectivity index (χ2n) is 8.40. The van der Waals surface area contributed by atoms with Crippen molar-refractivity contribution < 1.29 is 29.0 Å². The van der Waals surface area contributed by atoms with Crippen molar-refractivity contribution in [2.45, 2.75) is 25.3 Å². The van der Waals surface area contributed by atoms with Gasteiger partial charge in [-0.25, -0.2) is 9.59 Å². The van der Waals surface area contributed by atoms with Gasteiger partial charge in [-0.3, -0.25) is 4.79 Å². The molecule has 2 aromatic rings. The number of benzene rings is 2. The molecule has 0 spiro atoms. The zero-order valence-electron chi connectivity index (χ0n) is 18.5. The lowest BCUT2D eigenvalue weighted by molar-refractivity contribution is -0.160. The Bertz CT molecular complexity index is 994. The third-order valence-electron chi connectivity index (χ3n) is 6.31. The van der Waals surface area contributed by atoms with E-state index in [0.29, 0.717) is 13.0 Å². The van der Waals surface area contributed by atoms with Crippen LogP contribution in [0.1, 0.15) is 30.4 Å². The number of carbonyl (C=O) groups is 3. The second-order valence-corrected chi connectivity index (χ2v) is 8.40. The van der Waals surface area contributed by atoms with Crippen LogP contribution in [0.2, 0.25) is 0 Å². The van der Waals surface area contributed by atoms with Crippen LogP contribution in [0.25, 0.3) is 11.1 Å². The number of ether oxygens (including phenoxy) is 2. The average molecular weight is 453 g/mol. The lowest BCUT2D eigenvalue weighted by atomic mass is 9.98. The van der Waals surface area contributed by atoms with E-state index >= 15 is 0 Å². The molecule has 174 valence electrons. The van der Waals surface area contributed by atoms with Crippen LogP contribution < -0.4 is 5.32 Å². The minimum atomic E-state index is -1.08. The number of hydrogen-bond acceptors (Lipinski definition) is 5. The molecule has 2 unspecified atom stereocenters. The first-order valence-corrected chi connectivity index (χ1v) is 11.2. The van der Waals surface area contributed by atoms with E-state index in [1.54, 1.807) is 6.92 Å². The van der Waals surface area contributed by atoms with Gasteiger partial charge < -0.3 is 24.8 Å². The lowest BCUT2D eigenvalue weighted by Gasteiger charge is -2.34. The first kappa shape index (κ1) is 22.8. The van der Waals surface area contributed by atoms with Gasteiger partial charge >= 0.3 is 12.1 Å². The highest BCUT2D eigenvalue weighted by Gasteiger charge is 2.34. The molecule has 2 aromatic carbocycles. The molecule has 2 aliphatic rings. The number of hydrogen-bond donors (Lipinski definition) is 2. The molecular formula is C25H28N2O6. The van der Waals surface area contributed by atoms with E-state index in [1.807, 2.05) is 24.3 Å². The lowest BCUT2D eigenvalue weighted by Crippen LogP contribution is -2.54. The van der Waals surface area contributed by atoms with E-state index in [9.17, 15) is 19.5 Å². The Morgan fingerprint density at radius 1 is 1.12 bits per heavy atom. The van der Waals surface area contributed by atoms with Crippen LogP contribution in [0.4, 0.5) is 4.79 Å². The van der Waals surface area contributed by atoms with Crippen LogP contribution in [0.15, 0.2) is 48.5 Å². The molecule has 4 rings (SSSR count). The maximum Gasteiger partial charge on any atom is 0.407 e. The minimum Gasteiger partial charge on any atom is -0.480 e. The first-order chi connectivity index (χ1) is 16.0. The summed E-state index contributed by atoms with van der Waals surface area (Å²) in [4.78, 5) is 37.7. The summed E-state index contributed by atoms with van der Waals surface area (Å²) in [6.07, 6.45) is -0.154. The topological polar surface area (TPSA) is 105 Å². The Balaban J connectivity index is 1.26. The summed E-state index contributed by atoms with van der Waals surface area (Å²) >= 11 is 0. The van der Waals surface area contributed by atoms with Gasteiger partial charge in [-0.05, 0) is 28.7 Å². The summed E-state index contributed by atoms with van der Waals surface area (Å²) in [5.74, 6) is -1.77. The molecule has 2 N–H and O–H groups in total. The van der Waals surface area contributed by atoms with Crippen molar-refractivity contribution in [2.75, 3.05) is 32.9 Å². The number of carboxylic acid groups (broad SMARTS) is 1. The van der Waals surface area contributed by atoms with Gasteiger partial charge in [0, 0.05) is 24.9 Å². The van der Waals surface area contributed by atoms with E-state index in [2.05, 4.69) is 29.6 Å². The maximum absolute atomic E-state index is 12.7. The number of amides is 2. The van der Waals surface area contributed by atoms with Gasteiger partial charge in [-0.15, -0.1) is 0 Å². The van der Waals surface area contributed by atoms with Gasteiger partial charge in [-0.2, -0.15) is 0 Å².